The topological polar surface area (TPSA) is 25.8 Å². The Balaban J connectivity index is 1.75. The van der Waals surface area contributed by atoms with Crippen molar-refractivity contribution in [1.82, 2.24) is 9.97 Å². The van der Waals surface area contributed by atoms with Gasteiger partial charge in [0.05, 0.1) is 23.8 Å². The van der Waals surface area contributed by atoms with Crippen LogP contribution in [0.1, 0.15) is 22.5 Å². The van der Waals surface area contributed by atoms with Gasteiger partial charge in [0.2, 0.25) is 0 Å². The van der Waals surface area contributed by atoms with Gasteiger partial charge in [-0.1, -0.05) is 72.8 Å². The monoisotopic (exact) mass is 284 g/mol. The van der Waals surface area contributed by atoms with Gasteiger partial charge < -0.3 is 0 Å². The quantitative estimate of drug-likeness (QED) is 0.686. The van der Waals surface area contributed by atoms with Crippen molar-refractivity contribution >= 4 is 24.3 Å². The van der Waals surface area contributed by atoms with E-state index in [4.69, 9.17) is 0 Å². The minimum Gasteiger partial charge on any atom is -0.260 e. The third-order valence-corrected chi connectivity index (χ3v) is 3.16. The fourth-order valence-corrected chi connectivity index (χ4v) is 2.05. The van der Waals surface area contributed by atoms with Crippen molar-refractivity contribution in [2.75, 3.05) is 0 Å². The molecule has 3 rings (SSSR count). The molecule has 0 fully saturated rings. The van der Waals surface area contributed by atoms with E-state index in [-0.39, 0.29) is 0 Å². The van der Waals surface area contributed by atoms with E-state index in [1.807, 2.05) is 60.7 Å². The molecule has 0 bridgehead atoms. The van der Waals surface area contributed by atoms with Crippen LogP contribution in [-0.2, 0) is 0 Å². The molecule has 0 amide bonds. The number of hydrogen-bond acceptors (Lipinski definition) is 2. The third kappa shape index (κ3) is 4.00. The van der Waals surface area contributed by atoms with Gasteiger partial charge in [-0.3, -0.25) is 4.98 Å². The Labute approximate surface area is 130 Å². The fourth-order valence-electron chi connectivity index (χ4n) is 2.05. The maximum absolute atomic E-state index is 4.57. The lowest BCUT2D eigenvalue weighted by atomic mass is 10.2. The second-order valence-corrected chi connectivity index (χ2v) is 4.86. The van der Waals surface area contributed by atoms with Gasteiger partial charge in [-0.05, 0) is 23.3 Å². The molecule has 22 heavy (non-hydrogen) atoms. The minimum atomic E-state index is 0.846. The van der Waals surface area contributed by atoms with Gasteiger partial charge in [-0.15, -0.1) is 0 Å². The average Bonchev–Trinajstić information content (AvgIpc) is 2.60. The molecule has 0 spiro atoms. The Kier molecular flexibility index (Phi) is 4.53. The summed E-state index contributed by atoms with van der Waals surface area (Å²) in [6, 6.07) is 20.3. The first-order valence-electron chi connectivity index (χ1n) is 7.18. The number of hydrogen-bond donors (Lipinski definition) is 0. The summed E-state index contributed by atoms with van der Waals surface area (Å²) in [4.78, 5) is 8.81. The van der Waals surface area contributed by atoms with Crippen LogP contribution in [0.2, 0.25) is 0 Å². The average molecular weight is 284 g/mol. The van der Waals surface area contributed by atoms with Crippen molar-refractivity contribution in [2.45, 2.75) is 0 Å². The number of rotatable bonds is 4. The summed E-state index contributed by atoms with van der Waals surface area (Å²) in [7, 11) is 0. The van der Waals surface area contributed by atoms with Crippen LogP contribution in [0.3, 0.4) is 0 Å². The van der Waals surface area contributed by atoms with Crippen molar-refractivity contribution in [1.29, 1.82) is 0 Å². The van der Waals surface area contributed by atoms with Crippen LogP contribution >= 0.6 is 0 Å². The van der Waals surface area contributed by atoms with Crippen LogP contribution in [0.5, 0.6) is 0 Å². The van der Waals surface area contributed by atoms with Gasteiger partial charge in [-0.2, -0.15) is 0 Å². The normalized spacial score (nSPS) is 11.3. The van der Waals surface area contributed by atoms with Gasteiger partial charge in [-0.25, -0.2) is 4.98 Å². The summed E-state index contributed by atoms with van der Waals surface area (Å²) >= 11 is 0. The molecule has 0 saturated carbocycles. The largest absolute Gasteiger partial charge is 0.260 e. The molecule has 0 N–H and O–H groups in total. The predicted octanol–water partition coefficient (Wildman–Crippen LogP) is 4.82. The van der Waals surface area contributed by atoms with E-state index < -0.39 is 0 Å². The fraction of sp³-hybridized carbons (Fsp3) is 0. The standard InChI is InChI=1S/C20H16N2/c1-3-7-17(8-4-1)11-13-19-15-21-16-20(22-19)14-12-18-9-5-2-6-10-18/h1-16H/b13-11+,14-12+. The van der Waals surface area contributed by atoms with Crippen molar-refractivity contribution in [2.24, 2.45) is 0 Å². The van der Waals surface area contributed by atoms with Gasteiger partial charge >= 0.3 is 0 Å². The Morgan fingerprint density at radius 2 is 1.00 bits per heavy atom. The molecule has 2 aromatic carbocycles. The van der Waals surface area contributed by atoms with Crippen molar-refractivity contribution in [3.63, 3.8) is 0 Å². The maximum Gasteiger partial charge on any atom is 0.0820 e. The first-order chi connectivity index (χ1) is 10.9. The molecular formula is C20H16N2. The summed E-state index contributed by atoms with van der Waals surface area (Å²) in [6.45, 7) is 0. The second-order valence-electron chi connectivity index (χ2n) is 4.86. The zero-order valence-electron chi connectivity index (χ0n) is 12.1. The highest BCUT2D eigenvalue weighted by Crippen LogP contribution is 2.08. The van der Waals surface area contributed by atoms with E-state index in [1.165, 1.54) is 0 Å². The lowest BCUT2D eigenvalue weighted by molar-refractivity contribution is 1.16. The number of aromatic nitrogens is 2. The van der Waals surface area contributed by atoms with Crippen molar-refractivity contribution < 1.29 is 0 Å². The van der Waals surface area contributed by atoms with E-state index in [0.29, 0.717) is 0 Å². The summed E-state index contributed by atoms with van der Waals surface area (Å²) in [5.41, 5.74) is 3.99. The van der Waals surface area contributed by atoms with E-state index in [1.54, 1.807) is 12.4 Å². The predicted molar refractivity (Wildman–Crippen MR) is 92.8 cm³/mol. The first kappa shape index (κ1) is 14.0. The van der Waals surface area contributed by atoms with E-state index in [0.717, 1.165) is 22.5 Å². The molecule has 0 radical (unpaired) electrons. The van der Waals surface area contributed by atoms with Crippen LogP contribution in [-0.4, -0.2) is 9.97 Å². The lowest BCUT2D eigenvalue weighted by Crippen LogP contribution is -1.87. The van der Waals surface area contributed by atoms with Crippen LogP contribution in [0.4, 0.5) is 0 Å². The molecule has 0 aliphatic carbocycles. The van der Waals surface area contributed by atoms with E-state index in [9.17, 15) is 0 Å². The molecule has 0 aliphatic rings. The Bertz CT molecular complexity index is 710. The van der Waals surface area contributed by atoms with Crippen LogP contribution in [0.15, 0.2) is 73.1 Å². The molecule has 0 saturated heterocycles. The molecule has 106 valence electrons. The Hall–Kier alpha value is -3.00. The highest BCUT2D eigenvalue weighted by molar-refractivity contribution is 5.70. The Morgan fingerprint density at radius 3 is 1.45 bits per heavy atom. The molecule has 2 nitrogen and oxygen atoms in total. The van der Waals surface area contributed by atoms with E-state index in [2.05, 4.69) is 34.2 Å². The number of benzene rings is 2. The van der Waals surface area contributed by atoms with Gasteiger partial charge in [0.1, 0.15) is 0 Å². The lowest BCUT2D eigenvalue weighted by Gasteiger charge is -1.97. The number of nitrogens with zero attached hydrogens (tertiary/aromatic N) is 2. The Morgan fingerprint density at radius 1 is 0.545 bits per heavy atom. The minimum absolute atomic E-state index is 0.846. The van der Waals surface area contributed by atoms with Gasteiger partial charge in [0.15, 0.2) is 0 Å². The molecule has 1 aromatic heterocycles. The highest BCUT2D eigenvalue weighted by Gasteiger charge is 1.93. The summed E-state index contributed by atoms with van der Waals surface area (Å²) in [5, 5.41) is 0. The van der Waals surface area contributed by atoms with Crippen molar-refractivity contribution in [3.8, 4) is 0 Å². The molecule has 1 heterocycles. The molecule has 0 aliphatic heterocycles. The van der Waals surface area contributed by atoms with Crippen LogP contribution in [0, 0.1) is 0 Å². The summed E-state index contributed by atoms with van der Waals surface area (Å²) < 4.78 is 0. The summed E-state index contributed by atoms with van der Waals surface area (Å²) in [5.74, 6) is 0. The maximum atomic E-state index is 4.57. The second kappa shape index (κ2) is 7.14. The smallest absolute Gasteiger partial charge is 0.0820 e. The third-order valence-electron chi connectivity index (χ3n) is 3.16. The van der Waals surface area contributed by atoms with Gasteiger partial charge in [0, 0.05) is 0 Å². The highest BCUT2D eigenvalue weighted by atomic mass is 14.8. The molecule has 0 unspecified atom stereocenters. The molecular weight excluding hydrogens is 268 g/mol. The SMILES string of the molecule is C(=C\c1cncc(/C=C/c2ccccc2)n1)/c1ccccc1. The van der Waals surface area contributed by atoms with Crippen LogP contribution in [0.25, 0.3) is 24.3 Å². The van der Waals surface area contributed by atoms with E-state index >= 15 is 0 Å². The van der Waals surface area contributed by atoms with Crippen molar-refractivity contribution in [3.05, 3.63) is 95.6 Å². The molecule has 0 atom stereocenters. The molecule has 2 heteroatoms. The zero-order valence-corrected chi connectivity index (χ0v) is 12.1. The molecule has 3 aromatic rings. The van der Waals surface area contributed by atoms with Gasteiger partial charge in [0.25, 0.3) is 0 Å². The first-order valence-corrected chi connectivity index (χ1v) is 7.18. The van der Waals surface area contributed by atoms with Crippen LogP contribution < -0.4 is 0 Å². The summed E-state index contributed by atoms with van der Waals surface area (Å²) in [6.07, 6.45) is 11.5. The zero-order chi connectivity index (χ0) is 15.0.